The first-order chi connectivity index (χ1) is 13.4. The van der Waals surface area contributed by atoms with Crippen LogP contribution in [0.1, 0.15) is 17.2 Å². The fraction of sp³-hybridized carbons (Fsp3) is 0.350. The van der Waals surface area contributed by atoms with E-state index in [2.05, 4.69) is 20.4 Å². The second-order valence-electron chi connectivity index (χ2n) is 6.32. The fourth-order valence-corrected chi connectivity index (χ4v) is 2.74. The topological polar surface area (TPSA) is 48.9 Å². The average Bonchev–Trinajstić information content (AvgIpc) is 2.66. The van der Waals surface area contributed by atoms with E-state index in [0.29, 0.717) is 18.1 Å². The molecule has 0 heterocycles. The number of hydrogen-bond acceptors (Lipinski definition) is 3. The summed E-state index contributed by atoms with van der Waals surface area (Å²) in [6.45, 7) is -2.09. The van der Waals surface area contributed by atoms with Crippen molar-refractivity contribution in [1.29, 1.82) is 0 Å². The highest BCUT2D eigenvalue weighted by Gasteiger charge is 2.15. The molecule has 0 saturated carbocycles. The van der Waals surface area contributed by atoms with E-state index in [1.54, 1.807) is 37.4 Å². The van der Waals surface area contributed by atoms with E-state index in [4.69, 9.17) is 0 Å². The van der Waals surface area contributed by atoms with Crippen molar-refractivity contribution in [1.82, 2.24) is 15.5 Å². The third kappa shape index (κ3) is 8.09. The summed E-state index contributed by atoms with van der Waals surface area (Å²) in [4.78, 5) is 6.17. The van der Waals surface area contributed by atoms with E-state index in [1.807, 2.05) is 19.0 Å². The molecule has 2 aromatic rings. The summed E-state index contributed by atoms with van der Waals surface area (Å²) in [7, 11) is 5.49. The molecule has 0 aliphatic heterocycles. The number of benzene rings is 2. The van der Waals surface area contributed by atoms with Crippen molar-refractivity contribution in [3.05, 3.63) is 65.5 Å². The van der Waals surface area contributed by atoms with Gasteiger partial charge < -0.3 is 20.3 Å². The third-order valence-corrected chi connectivity index (χ3v) is 4.20. The molecule has 0 radical (unpaired) electrons. The predicted octanol–water partition coefficient (Wildman–Crippen LogP) is 4.01. The Bertz CT molecular complexity index is 773. The first-order valence-corrected chi connectivity index (χ1v) is 8.79. The Morgan fingerprint density at radius 3 is 2.31 bits per heavy atom. The number of likely N-dealkylation sites (N-methyl/N-ethyl adjacent to an activating group) is 1. The molecule has 2 N–H and O–H groups in total. The molecule has 2 aromatic carbocycles. The van der Waals surface area contributed by atoms with Gasteiger partial charge in [0.25, 0.3) is 0 Å². The maximum absolute atomic E-state index is 13.2. The van der Waals surface area contributed by atoms with Gasteiger partial charge in [0.15, 0.2) is 5.96 Å². The minimum atomic E-state index is -2.88. The first kappa shape index (κ1) is 25.0. The van der Waals surface area contributed by atoms with Gasteiger partial charge in [-0.25, -0.2) is 4.39 Å². The van der Waals surface area contributed by atoms with E-state index < -0.39 is 6.61 Å². The molecule has 0 aliphatic carbocycles. The average molecular weight is 522 g/mol. The molecule has 0 spiro atoms. The van der Waals surface area contributed by atoms with Crippen molar-refractivity contribution in [3.63, 3.8) is 0 Å². The van der Waals surface area contributed by atoms with Gasteiger partial charge in [0.1, 0.15) is 11.6 Å². The molecule has 29 heavy (non-hydrogen) atoms. The lowest BCUT2D eigenvalue weighted by Crippen LogP contribution is -2.41. The van der Waals surface area contributed by atoms with Crippen LogP contribution in [-0.2, 0) is 6.54 Å². The predicted molar refractivity (Wildman–Crippen MR) is 120 cm³/mol. The number of para-hydroxylation sites is 1. The number of rotatable bonds is 8. The maximum atomic E-state index is 13.2. The quantitative estimate of drug-likeness (QED) is 0.313. The van der Waals surface area contributed by atoms with Crippen molar-refractivity contribution in [2.24, 2.45) is 4.99 Å². The molecule has 9 heteroatoms. The number of nitrogens with zero attached hydrogens (tertiary/aromatic N) is 2. The van der Waals surface area contributed by atoms with Gasteiger partial charge in [-0.1, -0.05) is 30.3 Å². The Balaban J connectivity index is 0.00000420. The summed E-state index contributed by atoms with van der Waals surface area (Å²) in [5.74, 6) is 0.357. The lowest BCUT2D eigenvalue weighted by molar-refractivity contribution is -0.0504. The van der Waals surface area contributed by atoms with Crippen molar-refractivity contribution >= 4 is 29.9 Å². The molecule has 0 saturated heterocycles. The molecule has 1 unspecified atom stereocenters. The van der Waals surface area contributed by atoms with Gasteiger partial charge in [0.05, 0.1) is 6.04 Å². The minimum Gasteiger partial charge on any atom is -0.434 e. The third-order valence-electron chi connectivity index (χ3n) is 4.20. The molecule has 0 fully saturated rings. The molecular weight excluding hydrogens is 496 g/mol. The van der Waals surface area contributed by atoms with Crippen molar-refractivity contribution < 1.29 is 17.9 Å². The van der Waals surface area contributed by atoms with Gasteiger partial charge in [-0.2, -0.15) is 8.78 Å². The van der Waals surface area contributed by atoms with Gasteiger partial charge in [0, 0.05) is 25.7 Å². The number of hydrogen-bond donors (Lipinski definition) is 2. The zero-order chi connectivity index (χ0) is 20.5. The van der Waals surface area contributed by atoms with Gasteiger partial charge in [-0.15, -0.1) is 24.0 Å². The van der Waals surface area contributed by atoms with Gasteiger partial charge in [-0.05, 0) is 37.9 Å². The van der Waals surface area contributed by atoms with E-state index >= 15 is 0 Å². The van der Waals surface area contributed by atoms with Crippen LogP contribution in [0.2, 0.25) is 0 Å². The Hall–Kier alpha value is -2.01. The van der Waals surface area contributed by atoms with Gasteiger partial charge in [0.2, 0.25) is 0 Å². The molecule has 2 rings (SSSR count). The highest BCUT2D eigenvalue weighted by molar-refractivity contribution is 14.0. The Kier molecular flexibility index (Phi) is 10.8. The zero-order valence-electron chi connectivity index (χ0n) is 16.5. The summed E-state index contributed by atoms with van der Waals surface area (Å²) in [5, 5.41) is 6.30. The summed E-state index contributed by atoms with van der Waals surface area (Å²) >= 11 is 0. The molecule has 0 aliphatic rings. The molecule has 160 valence electrons. The lowest BCUT2D eigenvalue weighted by atomic mass is 10.1. The van der Waals surface area contributed by atoms with Crippen LogP contribution in [0.4, 0.5) is 13.2 Å². The summed E-state index contributed by atoms with van der Waals surface area (Å²) in [6.07, 6.45) is 0. The molecule has 0 amide bonds. The number of guanidine groups is 1. The highest BCUT2D eigenvalue weighted by atomic mass is 127. The number of aliphatic imine (C=N–C) groups is 1. The van der Waals surface area contributed by atoms with Crippen molar-refractivity contribution in [2.45, 2.75) is 19.2 Å². The van der Waals surface area contributed by atoms with Crippen molar-refractivity contribution in [2.75, 3.05) is 27.7 Å². The molecular formula is C20H26F3IN4O. The number of halogens is 4. The van der Waals surface area contributed by atoms with E-state index in [9.17, 15) is 13.2 Å². The van der Waals surface area contributed by atoms with Crippen molar-refractivity contribution in [3.8, 4) is 5.75 Å². The minimum absolute atomic E-state index is 0. The molecule has 5 nitrogen and oxygen atoms in total. The van der Waals surface area contributed by atoms with E-state index in [1.165, 1.54) is 18.2 Å². The maximum Gasteiger partial charge on any atom is 0.387 e. The van der Waals surface area contributed by atoms with Crippen LogP contribution < -0.4 is 15.4 Å². The van der Waals surface area contributed by atoms with Crippen LogP contribution in [-0.4, -0.2) is 45.2 Å². The van der Waals surface area contributed by atoms with E-state index in [0.717, 1.165) is 5.56 Å². The van der Waals surface area contributed by atoms with Gasteiger partial charge in [-0.3, -0.25) is 4.99 Å². The van der Waals surface area contributed by atoms with Crippen LogP contribution in [0.3, 0.4) is 0 Å². The standard InChI is InChI=1S/C20H25F3N4O.HI/c1-24-20(25-12-15-6-4-5-7-18(15)28-19(22)23)26-13-17(27(2)3)14-8-10-16(21)11-9-14;/h4-11,17,19H,12-13H2,1-3H3,(H2,24,25,26);1H. The number of ether oxygens (including phenoxy) is 1. The number of nitrogens with one attached hydrogen (secondary N) is 2. The summed E-state index contributed by atoms with van der Waals surface area (Å²) in [6, 6.07) is 12.9. The molecule has 1 atom stereocenters. The normalized spacial score (nSPS) is 12.5. The molecule has 0 bridgehead atoms. The van der Waals surface area contributed by atoms with Gasteiger partial charge >= 0.3 is 6.61 Å². The Labute approximate surface area is 186 Å². The SMILES string of the molecule is CN=C(NCc1ccccc1OC(F)F)NCC(c1ccc(F)cc1)N(C)C.I. The van der Waals surface area contributed by atoms with Crippen LogP contribution >= 0.6 is 24.0 Å². The van der Waals surface area contributed by atoms with E-state index in [-0.39, 0.29) is 48.1 Å². The lowest BCUT2D eigenvalue weighted by Gasteiger charge is -2.26. The first-order valence-electron chi connectivity index (χ1n) is 8.79. The summed E-state index contributed by atoms with van der Waals surface area (Å²) < 4.78 is 42.8. The fourth-order valence-electron chi connectivity index (χ4n) is 2.74. The smallest absolute Gasteiger partial charge is 0.387 e. The number of alkyl halides is 2. The van der Waals surface area contributed by atoms with Crippen LogP contribution in [0.15, 0.2) is 53.5 Å². The largest absolute Gasteiger partial charge is 0.434 e. The Morgan fingerprint density at radius 2 is 1.72 bits per heavy atom. The van der Waals surface area contributed by atoms with Crippen LogP contribution in [0.5, 0.6) is 5.75 Å². The van der Waals surface area contributed by atoms with Crippen LogP contribution in [0, 0.1) is 5.82 Å². The van der Waals surface area contributed by atoms with Crippen LogP contribution in [0.25, 0.3) is 0 Å². The second-order valence-corrected chi connectivity index (χ2v) is 6.32. The second kappa shape index (κ2) is 12.5. The monoisotopic (exact) mass is 522 g/mol. The molecule has 0 aromatic heterocycles. The summed E-state index contributed by atoms with van der Waals surface area (Å²) in [5.41, 5.74) is 1.55. The zero-order valence-corrected chi connectivity index (χ0v) is 18.9. The Morgan fingerprint density at radius 1 is 1.07 bits per heavy atom. The highest BCUT2D eigenvalue weighted by Crippen LogP contribution is 2.20.